The fourth-order valence-corrected chi connectivity index (χ4v) is 4.08. The lowest BCUT2D eigenvalue weighted by atomic mass is 9.89. The maximum absolute atomic E-state index is 13.8. The molecule has 1 aromatic rings. The summed E-state index contributed by atoms with van der Waals surface area (Å²) in [6, 6.07) is 2.84. The number of alkyl halides is 3. The normalized spacial score (nSPS) is 19.3. The van der Waals surface area contributed by atoms with Gasteiger partial charge in [-0.1, -0.05) is 6.07 Å². The number of halogens is 3. The summed E-state index contributed by atoms with van der Waals surface area (Å²) < 4.78 is 63.7. The van der Waals surface area contributed by atoms with Crippen LogP contribution in [0.1, 0.15) is 59.6 Å². The van der Waals surface area contributed by atoms with Gasteiger partial charge >= 0.3 is 18.4 Å². The molecular formula is C23H30F3N3O7S. The van der Waals surface area contributed by atoms with Gasteiger partial charge in [0, 0.05) is 18.9 Å². The Morgan fingerprint density at radius 3 is 2.05 bits per heavy atom. The van der Waals surface area contributed by atoms with Crippen LogP contribution in [0.3, 0.4) is 0 Å². The Kier molecular flexibility index (Phi) is 8.09. The molecule has 1 aromatic carbocycles. The van der Waals surface area contributed by atoms with Gasteiger partial charge in [0.2, 0.25) is 5.54 Å². The first-order chi connectivity index (χ1) is 16.6. The lowest BCUT2D eigenvalue weighted by molar-refractivity contribution is -0.176. The van der Waals surface area contributed by atoms with Gasteiger partial charge in [-0.2, -0.15) is 18.3 Å². The highest BCUT2D eigenvalue weighted by atomic mass is 32.2. The fraction of sp³-hybridized carbons (Fsp3) is 0.565. The quantitative estimate of drug-likeness (QED) is 0.403. The molecule has 0 aliphatic carbocycles. The molecule has 2 rings (SSSR count). The van der Waals surface area contributed by atoms with Gasteiger partial charge in [-0.3, -0.25) is 13.8 Å². The van der Waals surface area contributed by atoms with E-state index in [9.17, 15) is 31.8 Å². The number of amides is 2. The molecule has 14 heteroatoms. The minimum absolute atomic E-state index is 0.233. The minimum atomic E-state index is -4.89. The van der Waals surface area contributed by atoms with Crippen LogP contribution in [0.25, 0.3) is 0 Å². The summed E-state index contributed by atoms with van der Waals surface area (Å²) in [4.78, 5) is 43.7. The lowest BCUT2D eigenvalue weighted by Crippen LogP contribution is -2.61. The number of hydroxylamine groups is 2. The van der Waals surface area contributed by atoms with E-state index in [4.69, 9.17) is 14.3 Å². The summed E-state index contributed by atoms with van der Waals surface area (Å²) in [5.41, 5.74) is -6.21. The van der Waals surface area contributed by atoms with E-state index in [-0.39, 0.29) is 11.3 Å². The molecule has 1 aliphatic rings. The van der Waals surface area contributed by atoms with Crippen molar-refractivity contribution in [3.8, 4) is 0 Å². The Morgan fingerprint density at radius 2 is 1.59 bits per heavy atom. The molecule has 37 heavy (non-hydrogen) atoms. The maximum Gasteiger partial charge on any atom is 0.534 e. The highest BCUT2D eigenvalue weighted by Gasteiger charge is 2.57. The average Bonchev–Trinajstić information content (AvgIpc) is 2.93. The molecule has 2 unspecified atom stereocenters. The van der Waals surface area contributed by atoms with Gasteiger partial charge in [-0.15, -0.1) is 5.06 Å². The summed E-state index contributed by atoms with van der Waals surface area (Å²) in [5.74, 6) is -0.909. The van der Waals surface area contributed by atoms with Crippen LogP contribution in [0, 0.1) is 0 Å². The molecule has 0 N–H and O–H groups in total. The van der Waals surface area contributed by atoms with Crippen molar-refractivity contribution < 1.29 is 46.1 Å². The summed E-state index contributed by atoms with van der Waals surface area (Å²) in [5, 5.41) is 5.15. The number of carbonyl (C=O) groups excluding carboxylic acids is 3. The fourth-order valence-electron chi connectivity index (χ4n) is 3.34. The molecule has 206 valence electrons. The van der Waals surface area contributed by atoms with Gasteiger partial charge in [0.15, 0.2) is 0 Å². The van der Waals surface area contributed by atoms with Crippen molar-refractivity contribution in [3.63, 3.8) is 0 Å². The van der Waals surface area contributed by atoms with Gasteiger partial charge in [0.05, 0.1) is 21.3 Å². The highest BCUT2D eigenvalue weighted by molar-refractivity contribution is 7.84. The average molecular weight is 550 g/mol. The molecule has 0 spiro atoms. The minimum Gasteiger partial charge on any atom is -0.442 e. The van der Waals surface area contributed by atoms with Crippen molar-refractivity contribution in [3.05, 3.63) is 29.3 Å². The zero-order chi connectivity index (χ0) is 28.7. The Balaban J connectivity index is 2.72. The Morgan fingerprint density at radius 1 is 1.05 bits per heavy atom. The van der Waals surface area contributed by atoms with Crippen LogP contribution in [0.5, 0.6) is 0 Å². The first-order valence-corrected chi connectivity index (χ1v) is 12.5. The zero-order valence-electron chi connectivity index (χ0n) is 22.0. The van der Waals surface area contributed by atoms with E-state index in [0.717, 1.165) is 24.3 Å². The Hall–Kier alpha value is -3.16. The van der Waals surface area contributed by atoms with Crippen LogP contribution in [0.4, 0.5) is 22.8 Å². The Labute approximate surface area is 215 Å². The van der Waals surface area contributed by atoms with Crippen LogP contribution in [-0.4, -0.2) is 68.2 Å². The monoisotopic (exact) mass is 549 g/mol. The first kappa shape index (κ1) is 30.1. The molecule has 1 aliphatic heterocycles. The molecule has 1 heterocycles. The topological polar surface area (TPSA) is 115 Å². The second kappa shape index (κ2) is 9.95. The molecule has 0 saturated heterocycles. The van der Waals surface area contributed by atoms with Crippen LogP contribution in [-0.2, 0) is 36.1 Å². The van der Waals surface area contributed by atoms with Crippen LogP contribution >= 0.6 is 0 Å². The second-order valence-electron chi connectivity index (χ2n) is 10.3. The number of hydrogen-bond acceptors (Lipinski definition) is 8. The van der Waals surface area contributed by atoms with Crippen LogP contribution in [0.15, 0.2) is 28.2 Å². The number of carbonyl (C=O) groups is 3. The predicted octanol–water partition coefficient (Wildman–Crippen LogP) is 4.48. The van der Waals surface area contributed by atoms with E-state index in [0.29, 0.717) is 11.1 Å². The molecule has 0 saturated carbocycles. The molecule has 2 amide bonds. The van der Waals surface area contributed by atoms with Gasteiger partial charge < -0.3 is 9.47 Å². The summed E-state index contributed by atoms with van der Waals surface area (Å²) >= 11 is 0. The number of benzene rings is 1. The van der Waals surface area contributed by atoms with Crippen molar-refractivity contribution in [1.82, 2.24) is 10.1 Å². The molecule has 2 atom stereocenters. The molecule has 0 aromatic heterocycles. The van der Waals surface area contributed by atoms with E-state index in [1.165, 1.54) is 54.7 Å². The number of rotatable bonds is 3. The van der Waals surface area contributed by atoms with Gasteiger partial charge in [0.25, 0.3) is 5.91 Å². The smallest absolute Gasteiger partial charge is 0.442 e. The van der Waals surface area contributed by atoms with Crippen molar-refractivity contribution in [2.75, 3.05) is 13.3 Å². The largest absolute Gasteiger partial charge is 0.534 e. The third-order valence-electron chi connectivity index (χ3n) is 4.81. The maximum atomic E-state index is 13.8. The van der Waals surface area contributed by atoms with E-state index in [1.54, 1.807) is 0 Å². The SMILES string of the molecule is CN1N=C(c2ccc(S(C)=O)c(C(F)(F)F)c2)C(C)(N(OC(=O)OC(C)(C)C)C(=O)OC(C)(C)C)C1=O. The van der Waals surface area contributed by atoms with E-state index in [1.807, 2.05) is 0 Å². The first-order valence-electron chi connectivity index (χ1n) is 10.9. The molecule has 0 bridgehead atoms. The van der Waals surface area contributed by atoms with Crippen molar-refractivity contribution in [2.45, 2.75) is 76.3 Å². The van der Waals surface area contributed by atoms with Gasteiger partial charge in [0.1, 0.15) is 16.9 Å². The Bertz CT molecular complexity index is 1160. The summed E-state index contributed by atoms with van der Waals surface area (Å²) in [7, 11) is -0.766. The second-order valence-corrected chi connectivity index (χ2v) is 11.7. The van der Waals surface area contributed by atoms with Gasteiger partial charge in [-0.25, -0.2) is 14.6 Å². The van der Waals surface area contributed by atoms with Crippen molar-refractivity contribution in [2.24, 2.45) is 5.10 Å². The number of likely N-dealkylation sites (N-methyl/N-ethyl adjacent to an activating group) is 1. The third-order valence-corrected chi connectivity index (χ3v) is 5.79. The summed E-state index contributed by atoms with van der Waals surface area (Å²) in [6.45, 7) is 10.3. The highest BCUT2D eigenvalue weighted by Crippen LogP contribution is 2.37. The number of ether oxygens (including phenoxy) is 2. The molecule has 0 radical (unpaired) electrons. The van der Waals surface area contributed by atoms with E-state index in [2.05, 4.69) is 5.10 Å². The molecule has 10 nitrogen and oxygen atoms in total. The summed E-state index contributed by atoms with van der Waals surface area (Å²) in [6.07, 6.45) is -6.45. The number of hydrazone groups is 1. The zero-order valence-corrected chi connectivity index (χ0v) is 22.8. The standard InChI is InChI=1S/C23H30F3N3O7S/c1-20(2,3)34-18(31)29(36-19(32)35-21(4,5)6)22(7)16(27-28(8)17(22)30)13-10-11-15(37(9)33)14(12-13)23(24,25)26/h10-12H,1-9H3. The lowest BCUT2D eigenvalue weighted by Gasteiger charge is -2.36. The van der Waals surface area contributed by atoms with E-state index >= 15 is 0 Å². The van der Waals surface area contributed by atoms with Gasteiger partial charge in [-0.05, 0) is 60.6 Å². The number of nitrogens with zero attached hydrogens (tertiary/aromatic N) is 3. The van der Waals surface area contributed by atoms with Crippen molar-refractivity contribution >= 4 is 34.7 Å². The number of hydrogen-bond donors (Lipinski definition) is 0. The predicted molar refractivity (Wildman–Crippen MR) is 127 cm³/mol. The van der Waals surface area contributed by atoms with E-state index < -0.39 is 62.3 Å². The molecule has 0 fully saturated rings. The third kappa shape index (κ3) is 6.79. The van der Waals surface area contributed by atoms with Crippen molar-refractivity contribution in [1.29, 1.82) is 0 Å². The van der Waals surface area contributed by atoms with Crippen LogP contribution in [0.2, 0.25) is 0 Å². The van der Waals surface area contributed by atoms with Crippen LogP contribution < -0.4 is 0 Å². The molecular weight excluding hydrogens is 519 g/mol.